The summed E-state index contributed by atoms with van der Waals surface area (Å²) in [6.45, 7) is 2.78. The van der Waals surface area contributed by atoms with Gasteiger partial charge in [-0.15, -0.1) is 0 Å². The number of carboxylic acid groups (broad SMARTS) is 1. The minimum Gasteiger partial charge on any atom is -0.508 e. The van der Waals surface area contributed by atoms with Gasteiger partial charge < -0.3 is 10.2 Å². The second-order valence-corrected chi connectivity index (χ2v) is 9.38. The number of phenolic OH excluding ortho intramolecular Hbond substituents is 1. The van der Waals surface area contributed by atoms with Gasteiger partial charge in [0.05, 0.1) is 17.0 Å². The molecule has 1 aliphatic heterocycles. The van der Waals surface area contributed by atoms with Crippen molar-refractivity contribution in [2.24, 2.45) is 5.92 Å². The van der Waals surface area contributed by atoms with Crippen molar-refractivity contribution >= 4 is 5.97 Å². The van der Waals surface area contributed by atoms with Gasteiger partial charge in [-0.1, -0.05) is 44.7 Å². The van der Waals surface area contributed by atoms with Crippen LogP contribution >= 0.6 is 0 Å². The molecular weight excluding hydrogens is 500 g/mol. The minimum atomic E-state index is -4.64. The lowest BCUT2D eigenvalue weighted by Crippen LogP contribution is -2.30. The lowest BCUT2D eigenvalue weighted by atomic mass is 10.0. The molecule has 2 fully saturated rings. The topological polar surface area (TPSA) is 60.8 Å². The monoisotopic (exact) mass is 533 g/mol. The SMILES string of the molecule is C1CC1.CC(Cc1cccc(O)c1)C(=O)O.FC(F)(F)c1ccc(C(F)(F)F)c(CN2CCCCC2)c1. The van der Waals surface area contributed by atoms with Crippen molar-refractivity contribution in [2.45, 2.75) is 70.8 Å². The lowest BCUT2D eigenvalue weighted by Gasteiger charge is -2.28. The van der Waals surface area contributed by atoms with Crippen LogP contribution in [-0.2, 0) is 30.1 Å². The Morgan fingerprint density at radius 1 is 0.892 bits per heavy atom. The third kappa shape index (κ3) is 11.5. The predicted molar refractivity (Wildman–Crippen MR) is 128 cm³/mol. The van der Waals surface area contributed by atoms with Gasteiger partial charge in [-0.05, 0) is 73.8 Å². The molecular formula is C27H33F6NO3. The van der Waals surface area contributed by atoms with Crippen LogP contribution in [0, 0.1) is 5.92 Å². The van der Waals surface area contributed by atoms with E-state index >= 15 is 0 Å². The molecule has 0 amide bonds. The van der Waals surface area contributed by atoms with E-state index in [-0.39, 0.29) is 17.9 Å². The molecule has 2 aromatic carbocycles. The number of aromatic hydroxyl groups is 1. The Kier molecular flexibility index (Phi) is 11.3. The predicted octanol–water partition coefficient (Wildman–Crippen LogP) is 7.54. The van der Waals surface area contributed by atoms with E-state index in [0.29, 0.717) is 37.7 Å². The van der Waals surface area contributed by atoms with Gasteiger partial charge in [0.15, 0.2) is 0 Å². The zero-order valence-corrected chi connectivity index (χ0v) is 20.7. The molecule has 37 heavy (non-hydrogen) atoms. The van der Waals surface area contributed by atoms with E-state index in [1.807, 2.05) is 0 Å². The number of benzene rings is 2. The number of likely N-dealkylation sites (tertiary alicyclic amines) is 1. The normalized spacial score (nSPS) is 16.5. The van der Waals surface area contributed by atoms with Crippen LogP contribution in [-0.4, -0.2) is 34.2 Å². The van der Waals surface area contributed by atoms with Crippen LogP contribution < -0.4 is 0 Å². The summed E-state index contributed by atoms with van der Waals surface area (Å²) in [5, 5.41) is 17.8. The highest BCUT2D eigenvalue weighted by molar-refractivity contribution is 5.69. The molecule has 2 N–H and O–H groups in total. The molecule has 1 aliphatic carbocycles. The summed E-state index contributed by atoms with van der Waals surface area (Å²) in [6.07, 6.45) is -1.61. The van der Waals surface area contributed by atoms with Gasteiger partial charge in [0, 0.05) is 6.54 Å². The Morgan fingerprint density at radius 3 is 1.97 bits per heavy atom. The van der Waals surface area contributed by atoms with Crippen LogP contribution in [0.4, 0.5) is 26.3 Å². The number of phenols is 1. The van der Waals surface area contributed by atoms with Gasteiger partial charge in [-0.3, -0.25) is 9.69 Å². The molecule has 1 unspecified atom stereocenters. The van der Waals surface area contributed by atoms with Crippen LogP contribution in [0.15, 0.2) is 42.5 Å². The minimum absolute atomic E-state index is 0.0984. The summed E-state index contributed by atoms with van der Waals surface area (Å²) in [5.41, 5.74) is -1.49. The van der Waals surface area contributed by atoms with Crippen LogP contribution in [0.3, 0.4) is 0 Å². The molecule has 1 heterocycles. The Balaban J connectivity index is 0.000000254. The first-order valence-corrected chi connectivity index (χ1v) is 12.3. The highest BCUT2D eigenvalue weighted by Gasteiger charge is 2.37. The second kappa shape index (κ2) is 13.7. The average molecular weight is 534 g/mol. The maximum atomic E-state index is 12.9. The van der Waals surface area contributed by atoms with Gasteiger partial charge >= 0.3 is 18.3 Å². The number of carboxylic acids is 1. The highest BCUT2D eigenvalue weighted by Crippen LogP contribution is 2.37. The van der Waals surface area contributed by atoms with Crippen molar-refractivity contribution in [3.63, 3.8) is 0 Å². The first-order chi connectivity index (χ1) is 17.3. The molecule has 1 saturated carbocycles. The molecule has 0 spiro atoms. The number of piperidine rings is 1. The number of carbonyl (C=O) groups is 1. The van der Waals surface area contributed by atoms with Crippen LogP contribution in [0.5, 0.6) is 5.75 Å². The first kappa shape index (κ1) is 30.5. The van der Waals surface area contributed by atoms with E-state index in [0.717, 1.165) is 24.8 Å². The van der Waals surface area contributed by atoms with Gasteiger partial charge in [0.25, 0.3) is 0 Å². The van der Waals surface area contributed by atoms with E-state index in [9.17, 15) is 31.1 Å². The average Bonchev–Trinajstić information content (AvgIpc) is 3.68. The molecule has 10 heteroatoms. The van der Waals surface area contributed by atoms with Gasteiger partial charge in [0.2, 0.25) is 0 Å². The van der Waals surface area contributed by atoms with Crippen molar-refractivity contribution in [1.82, 2.24) is 4.90 Å². The summed E-state index contributed by atoms with van der Waals surface area (Å²) in [7, 11) is 0. The summed E-state index contributed by atoms with van der Waals surface area (Å²) in [4.78, 5) is 12.3. The molecule has 0 bridgehead atoms. The van der Waals surface area contributed by atoms with Crippen LogP contribution in [0.1, 0.15) is 67.7 Å². The largest absolute Gasteiger partial charge is 0.508 e. The summed E-state index contributed by atoms with van der Waals surface area (Å²) >= 11 is 0. The molecule has 2 aliphatic rings. The molecule has 0 aromatic heterocycles. The van der Waals surface area contributed by atoms with Crippen LogP contribution in [0.2, 0.25) is 0 Å². The fourth-order valence-corrected chi connectivity index (χ4v) is 3.66. The summed E-state index contributed by atoms with van der Waals surface area (Å²) < 4.78 is 76.8. The fourth-order valence-electron chi connectivity index (χ4n) is 3.66. The standard InChI is InChI=1S/C14H15F6N.C10H12O3.C3H6/c15-13(16,17)11-4-5-12(14(18,19)20)10(8-11)9-21-6-2-1-3-7-21;1-7(10(12)13)5-8-3-2-4-9(11)6-8;1-2-3-1/h4-5,8H,1-3,6-7,9H2;2-4,6-7,11H,5H2,1H3,(H,12,13);1-3H2. The summed E-state index contributed by atoms with van der Waals surface area (Å²) in [5.74, 6) is -1.06. The highest BCUT2D eigenvalue weighted by atomic mass is 19.4. The number of alkyl halides is 6. The molecule has 0 radical (unpaired) electrons. The van der Waals surface area contributed by atoms with Gasteiger partial charge in [-0.2, -0.15) is 26.3 Å². The number of hydrogen-bond acceptors (Lipinski definition) is 3. The Bertz CT molecular complexity index is 996. The number of rotatable bonds is 5. The van der Waals surface area contributed by atoms with E-state index in [2.05, 4.69) is 0 Å². The quantitative estimate of drug-likeness (QED) is 0.390. The molecule has 4 nitrogen and oxygen atoms in total. The summed E-state index contributed by atoms with van der Waals surface area (Å²) in [6, 6.07) is 8.30. The third-order valence-electron chi connectivity index (χ3n) is 5.81. The van der Waals surface area contributed by atoms with Crippen LogP contribution in [0.25, 0.3) is 0 Å². The maximum absolute atomic E-state index is 12.9. The molecule has 4 rings (SSSR count). The van der Waals surface area contributed by atoms with E-state index in [4.69, 9.17) is 10.2 Å². The van der Waals surface area contributed by atoms with Gasteiger partial charge in [0.1, 0.15) is 5.75 Å². The fraction of sp³-hybridized carbons (Fsp3) is 0.519. The van der Waals surface area contributed by atoms with E-state index in [1.54, 1.807) is 36.1 Å². The van der Waals surface area contributed by atoms with Crippen molar-refractivity contribution in [2.75, 3.05) is 13.1 Å². The lowest BCUT2D eigenvalue weighted by molar-refractivity contribution is -0.142. The first-order valence-electron chi connectivity index (χ1n) is 12.3. The van der Waals surface area contributed by atoms with Crippen molar-refractivity contribution in [1.29, 1.82) is 0 Å². The molecule has 1 saturated heterocycles. The Morgan fingerprint density at radius 2 is 1.49 bits per heavy atom. The smallest absolute Gasteiger partial charge is 0.416 e. The van der Waals surface area contributed by atoms with Crippen molar-refractivity contribution in [3.8, 4) is 5.75 Å². The molecule has 206 valence electrons. The number of nitrogens with zero attached hydrogens (tertiary/aromatic N) is 1. The molecule has 1 atom stereocenters. The van der Waals surface area contributed by atoms with Crippen molar-refractivity contribution in [3.05, 3.63) is 64.7 Å². The zero-order valence-electron chi connectivity index (χ0n) is 20.7. The zero-order chi connectivity index (χ0) is 27.6. The third-order valence-corrected chi connectivity index (χ3v) is 5.81. The van der Waals surface area contributed by atoms with Gasteiger partial charge in [-0.25, -0.2) is 0 Å². The Labute approximate surface area is 212 Å². The molecule has 2 aromatic rings. The number of halogens is 6. The van der Waals surface area contributed by atoms with E-state index in [1.165, 1.54) is 19.3 Å². The Hall–Kier alpha value is -2.75. The number of aliphatic carboxylic acids is 1. The number of hydrogen-bond donors (Lipinski definition) is 2. The van der Waals surface area contributed by atoms with Crippen molar-refractivity contribution < 1.29 is 41.4 Å². The van der Waals surface area contributed by atoms with E-state index < -0.39 is 35.4 Å². The second-order valence-electron chi connectivity index (χ2n) is 9.38. The maximum Gasteiger partial charge on any atom is 0.416 e.